The average Bonchev–Trinajstić information content (AvgIpc) is 3.04. The molecule has 1 amide bonds. The number of hydrogen-bond donors (Lipinski definition) is 2. The molecular formula is C15H20N2O2. The number of benzene rings is 1. The van der Waals surface area contributed by atoms with Gasteiger partial charge in [0.25, 0.3) is 5.91 Å². The molecule has 4 heteroatoms. The van der Waals surface area contributed by atoms with E-state index < -0.39 is 0 Å². The lowest BCUT2D eigenvalue weighted by atomic mass is 10.0. The van der Waals surface area contributed by atoms with Gasteiger partial charge in [-0.3, -0.25) is 4.79 Å². The molecule has 2 N–H and O–H groups in total. The van der Waals surface area contributed by atoms with Gasteiger partial charge in [-0.2, -0.15) is 0 Å². The first-order valence-electron chi connectivity index (χ1n) is 6.95. The van der Waals surface area contributed by atoms with Gasteiger partial charge in [0.2, 0.25) is 0 Å². The molecule has 1 unspecified atom stereocenters. The van der Waals surface area contributed by atoms with Crippen LogP contribution >= 0.6 is 0 Å². The number of rotatable bonds is 3. The summed E-state index contributed by atoms with van der Waals surface area (Å²) in [7, 11) is 0. The molecule has 0 spiro atoms. The molecule has 102 valence electrons. The first kappa shape index (κ1) is 12.5. The van der Waals surface area contributed by atoms with Crippen molar-refractivity contribution in [2.75, 3.05) is 19.7 Å². The highest BCUT2D eigenvalue weighted by atomic mass is 16.5. The van der Waals surface area contributed by atoms with Crippen LogP contribution in [0.25, 0.3) is 0 Å². The van der Waals surface area contributed by atoms with Gasteiger partial charge in [-0.05, 0) is 50.1 Å². The topological polar surface area (TPSA) is 50.4 Å². The first-order valence-corrected chi connectivity index (χ1v) is 6.95. The molecule has 0 radical (unpaired) electrons. The zero-order valence-corrected chi connectivity index (χ0v) is 11.3. The number of carbonyl (C=O) groups is 1. The molecule has 2 aliphatic heterocycles. The number of ether oxygens (including phenoxy) is 1. The van der Waals surface area contributed by atoms with Crippen LogP contribution in [0.3, 0.4) is 0 Å². The Morgan fingerprint density at radius 3 is 3.21 bits per heavy atom. The van der Waals surface area contributed by atoms with Gasteiger partial charge in [0.05, 0.1) is 6.61 Å². The van der Waals surface area contributed by atoms with Crippen molar-refractivity contribution in [1.82, 2.24) is 10.6 Å². The van der Waals surface area contributed by atoms with E-state index in [-0.39, 0.29) is 11.4 Å². The van der Waals surface area contributed by atoms with E-state index in [1.807, 2.05) is 18.2 Å². The standard InChI is InChI=1S/C15H20N2O2/c1-15(6-2-7-17-15)10-16-14(18)12-3-4-13-11(9-12)5-8-19-13/h3-4,9,17H,2,5-8,10H2,1H3,(H,16,18). The highest BCUT2D eigenvalue weighted by Crippen LogP contribution is 2.26. The van der Waals surface area contributed by atoms with Crippen molar-refractivity contribution in [1.29, 1.82) is 0 Å². The quantitative estimate of drug-likeness (QED) is 0.866. The fourth-order valence-corrected chi connectivity index (χ4v) is 2.81. The van der Waals surface area contributed by atoms with E-state index in [1.165, 1.54) is 6.42 Å². The summed E-state index contributed by atoms with van der Waals surface area (Å²) in [5, 5.41) is 6.48. The monoisotopic (exact) mass is 260 g/mol. The Bertz CT molecular complexity index is 493. The average molecular weight is 260 g/mol. The molecule has 1 atom stereocenters. The Kier molecular flexibility index (Phi) is 3.19. The molecule has 1 saturated heterocycles. The van der Waals surface area contributed by atoms with Crippen LogP contribution in [-0.2, 0) is 6.42 Å². The van der Waals surface area contributed by atoms with Gasteiger partial charge in [-0.15, -0.1) is 0 Å². The summed E-state index contributed by atoms with van der Waals surface area (Å²) >= 11 is 0. The van der Waals surface area contributed by atoms with Crippen molar-refractivity contribution in [3.63, 3.8) is 0 Å². The Hall–Kier alpha value is -1.55. The summed E-state index contributed by atoms with van der Waals surface area (Å²) in [5.74, 6) is 0.922. The summed E-state index contributed by atoms with van der Waals surface area (Å²) in [5.41, 5.74) is 1.92. The minimum atomic E-state index is 0.00428. The molecule has 3 rings (SSSR count). The predicted molar refractivity (Wildman–Crippen MR) is 73.6 cm³/mol. The number of hydrogen-bond acceptors (Lipinski definition) is 3. The molecule has 19 heavy (non-hydrogen) atoms. The second-order valence-electron chi connectivity index (χ2n) is 5.69. The normalized spacial score (nSPS) is 24.9. The van der Waals surface area contributed by atoms with Crippen molar-refractivity contribution >= 4 is 5.91 Å². The second-order valence-corrected chi connectivity index (χ2v) is 5.69. The minimum Gasteiger partial charge on any atom is -0.493 e. The molecule has 1 aromatic rings. The van der Waals surface area contributed by atoms with Gasteiger partial charge in [0.15, 0.2) is 0 Å². The van der Waals surface area contributed by atoms with Gasteiger partial charge in [0.1, 0.15) is 5.75 Å². The highest BCUT2D eigenvalue weighted by molar-refractivity contribution is 5.94. The first-order chi connectivity index (χ1) is 9.16. The maximum absolute atomic E-state index is 12.2. The number of fused-ring (bicyclic) bond motifs is 1. The third-order valence-electron chi connectivity index (χ3n) is 4.05. The molecule has 1 aromatic carbocycles. The lowest BCUT2D eigenvalue weighted by Gasteiger charge is -2.24. The zero-order valence-electron chi connectivity index (χ0n) is 11.3. The Morgan fingerprint density at radius 2 is 2.42 bits per heavy atom. The van der Waals surface area contributed by atoms with E-state index in [0.717, 1.165) is 42.9 Å². The van der Waals surface area contributed by atoms with Crippen LogP contribution < -0.4 is 15.4 Å². The lowest BCUT2D eigenvalue weighted by Crippen LogP contribution is -2.47. The molecule has 0 aliphatic carbocycles. The summed E-state index contributed by atoms with van der Waals surface area (Å²) in [4.78, 5) is 12.2. The third kappa shape index (κ3) is 2.59. The third-order valence-corrected chi connectivity index (χ3v) is 4.05. The fourth-order valence-electron chi connectivity index (χ4n) is 2.81. The van der Waals surface area contributed by atoms with Crippen LogP contribution in [0.2, 0.25) is 0 Å². The van der Waals surface area contributed by atoms with E-state index in [4.69, 9.17) is 4.74 Å². The van der Waals surface area contributed by atoms with Gasteiger partial charge in [-0.25, -0.2) is 0 Å². The van der Waals surface area contributed by atoms with Crippen molar-refractivity contribution < 1.29 is 9.53 Å². The fraction of sp³-hybridized carbons (Fsp3) is 0.533. The maximum atomic E-state index is 12.2. The molecule has 0 bridgehead atoms. The second kappa shape index (κ2) is 4.85. The minimum absolute atomic E-state index is 0.00428. The van der Waals surface area contributed by atoms with Crippen LogP contribution in [-0.4, -0.2) is 31.1 Å². The van der Waals surface area contributed by atoms with E-state index >= 15 is 0 Å². The molecule has 4 nitrogen and oxygen atoms in total. The van der Waals surface area contributed by atoms with Crippen molar-refractivity contribution in [2.24, 2.45) is 0 Å². The number of amides is 1. The molecule has 0 aromatic heterocycles. The van der Waals surface area contributed by atoms with Crippen LogP contribution in [0.5, 0.6) is 5.75 Å². The summed E-state index contributed by atoms with van der Waals surface area (Å²) < 4.78 is 5.45. The summed E-state index contributed by atoms with van der Waals surface area (Å²) in [6, 6.07) is 5.68. The summed E-state index contributed by atoms with van der Waals surface area (Å²) in [6.07, 6.45) is 3.20. The van der Waals surface area contributed by atoms with Gasteiger partial charge < -0.3 is 15.4 Å². The van der Waals surface area contributed by atoms with Gasteiger partial charge in [0, 0.05) is 24.1 Å². The van der Waals surface area contributed by atoms with E-state index in [2.05, 4.69) is 17.6 Å². The zero-order chi connectivity index (χ0) is 13.3. The van der Waals surface area contributed by atoms with Crippen LogP contribution in [0.4, 0.5) is 0 Å². The maximum Gasteiger partial charge on any atom is 0.251 e. The molecule has 1 fully saturated rings. The smallest absolute Gasteiger partial charge is 0.251 e. The Balaban J connectivity index is 1.64. The van der Waals surface area contributed by atoms with Gasteiger partial charge >= 0.3 is 0 Å². The SMILES string of the molecule is CC1(CNC(=O)c2ccc3c(c2)CCO3)CCCN1. The number of carbonyl (C=O) groups excluding carboxylic acids is 1. The lowest BCUT2D eigenvalue weighted by molar-refractivity contribution is 0.0942. The molecule has 0 saturated carbocycles. The van der Waals surface area contributed by atoms with Crippen molar-refractivity contribution in [2.45, 2.75) is 31.7 Å². The largest absolute Gasteiger partial charge is 0.493 e. The highest BCUT2D eigenvalue weighted by Gasteiger charge is 2.28. The van der Waals surface area contributed by atoms with Crippen LogP contribution in [0.15, 0.2) is 18.2 Å². The van der Waals surface area contributed by atoms with Gasteiger partial charge in [-0.1, -0.05) is 0 Å². The van der Waals surface area contributed by atoms with E-state index in [9.17, 15) is 4.79 Å². The van der Waals surface area contributed by atoms with Crippen LogP contribution in [0.1, 0.15) is 35.7 Å². The molecular weight excluding hydrogens is 240 g/mol. The number of nitrogens with one attached hydrogen (secondary N) is 2. The molecule has 2 heterocycles. The van der Waals surface area contributed by atoms with Crippen molar-refractivity contribution in [3.8, 4) is 5.75 Å². The Labute approximate surface area is 113 Å². The Morgan fingerprint density at radius 1 is 1.53 bits per heavy atom. The van der Waals surface area contributed by atoms with E-state index in [1.54, 1.807) is 0 Å². The van der Waals surface area contributed by atoms with Crippen molar-refractivity contribution in [3.05, 3.63) is 29.3 Å². The van der Waals surface area contributed by atoms with Crippen LogP contribution in [0, 0.1) is 0 Å². The van der Waals surface area contributed by atoms with E-state index in [0.29, 0.717) is 6.54 Å². The summed E-state index contributed by atoms with van der Waals surface area (Å²) in [6.45, 7) is 4.61. The predicted octanol–water partition coefficient (Wildman–Crippen LogP) is 1.49. The molecule has 2 aliphatic rings.